The number of fused-ring (bicyclic) bond motifs is 6. The molecule has 9 rings (SSSR count). The molecule has 7 aliphatic carbocycles. The average molecular weight is 703 g/mol. The smallest absolute Gasteiger partial charge is 0.0626 e. The summed E-state index contributed by atoms with van der Waals surface area (Å²) >= 11 is 0. The second-order valence-corrected chi connectivity index (χ2v) is 27.5. The summed E-state index contributed by atoms with van der Waals surface area (Å²) in [6, 6.07) is 25.3. The van der Waals surface area contributed by atoms with E-state index in [1.54, 1.807) is 0 Å². The molecule has 7 saturated carbocycles. The van der Waals surface area contributed by atoms with Crippen LogP contribution in [0.3, 0.4) is 0 Å². The molecule has 0 heterocycles. The van der Waals surface area contributed by atoms with Crippen molar-refractivity contribution in [1.82, 2.24) is 0 Å². The van der Waals surface area contributed by atoms with E-state index in [9.17, 15) is 0 Å². The second-order valence-electron chi connectivity index (χ2n) is 23.1. The first-order valence-electron chi connectivity index (χ1n) is 22.3. The average Bonchev–Trinajstić information content (AvgIpc) is 3.69. The van der Waals surface area contributed by atoms with Gasteiger partial charge < -0.3 is 0 Å². The Morgan fingerprint density at radius 3 is 1.12 bits per heavy atom. The van der Waals surface area contributed by atoms with Gasteiger partial charge in [0.15, 0.2) is 0 Å². The second kappa shape index (κ2) is 12.3. The Labute approximate surface area is 315 Å². The first-order chi connectivity index (χ1) is 24.2. The van der Waals surface area contributed by atoms with Crippen molar-refractivity contribution in [3.05, 3.63) is 60.7 Å². The third-order valence-electron chi connectivity index (χ3n) is 19.4. The van der Waals surface area contributed by atoms with Crippen molar-refractivity contribution >= 4 is 18.4 Å². The topological polar surface area (TPSA) is 0 Å². The summed E-state index contributed by atoms with van der Waals surface area (Å²) in [5.41, 5.74) is 3.67. The fraction of sp³-hybridized carbons (Fsp3) is 0.760. The van der Waals surface area contributed by atoms with E-state index in [1.807, 2.05) is 10.4 Å². The SMILES string of the molecule is CC1(C)CCC(C)(C)C2CC3C(CC21)C1CC2C(CC1C3[Si](c1ccccc1)(c1ccccc1)C1CC3CCCCC3C1)C(C)(C)CCC2(C)C. The predicted octanol–water partition coefficient (Wildman–Crippen LogP) is 12.8. The fourth-order valence-electron chi connectivity index (χ4n) is 16.6. The van der Waals surface area contributed by atoms with Crippen molar-refractivity contribution in [3.8, 4) is 0 Å². The zero-order chi connectivity index (χ0) is 35.6. The Kier molecular flexibility index (Phi) is 8.55. The van der Waals surface area contributed by atoms with Crippen molar-refractivity contribution in [3.63, 3.8) is 0 Å². The molecule has 7 aliphatic rings. The van der Waals surface area contributed by atoms with Crippen LogP contribution in [0.15, 0.2) is 60.7 Å². The van der Waals surface area contributed by atoms with Gasteiger partial charge in [0.2, 0.25) is 0 Å². The quantitative estimate of drug-likeness (QED) is 0.278. The summed E-state index contributed by atoms with van der Waals surface area (Å²) in [6.07, 6.45) is 20.9. The fourth-order valence-corrected chi connectivity index (χ4v) is 24.2. The largest absolute Gasteiger partial charge is 0.124 e. The molecule has 0 aliphatic heterocycles. The highest BCUT2D eigenvalue weighted by atomic mass is 28.3. The molecule has 0 N–H and O–H groups in total. The lowest BCUT2D eigenvalue weighted by molar-refractivity contribution is -0.0969. The van der Waals surface area contributed by atoms with Crippen molar-refractivity contribution in [1.29, 1.82) is 0 Å². The van der Waals surface area contributed by atoms with E-state index in [0.717, 1.165) is 70.3 Å². The van der Waals surface area contributed by atoms with Gasteiger partial charge in [-0.2, -0.15) is 0 Å². The van der Waals surface area contributed by atoms with Crippen LogP contribution < -0.4 is 10.4 Å². The summed E-state index contributed by atoms with van der Waals surface area (Å²) in [6.45, 7) is 21.6. The maximum absolute atomic E-state index is 2.71. The van der Waals surface area contributed by atoms with Gasteiger partial charge in [0.1, 0.15) is 8.07 Å². The van der Waals surface area contributed by atoms with Crippen molar-refractivity contribution in [2.24, 2.45) is 80.8 Å². The molecule has 0 saturated heterocycles. The zero-order valence-corrected chi connectivity index (χ0v) is 35.1. The van der Waals surface area contributed by atoms with Crippen LogP contribution in [0, 0.1) is 80.8 Å². The van der Waals surface area contributed by atoms with E-state index in [1.165, 1.54) is 89.9 Å². The van der Waals surface area contributed by atoms with Gasteiger partial charge in [-0.25, -0.2) is 0 Å². The van der Waals surface area contributed by atoms with E-state index < -0.39 is 8.07 Å². The van der Waals surface area contributed by atoms with Gasteiger partial charge in [-0.15, -0.1) is 0 Å². The van der Waals surface area contributed by atoms with Crippen LogP contribution in [-0.4, -0.2) is 8.07 Å². The van der Waals surface area contributed by atoms with E-state index >= 15 is 0 Å². The summed E-state index contributed by atoms with van der Waals surface area (Å²) in [4.78, 5) is 0. The molecule has 2 aromatic carbocycles. The zero-order valence-electron chi connectivity index (χ0n) is 34.1. The molecule has 0 amide bonds. The van der Waals surface area contributed by atoms with Gasteiger partial charge >= 0.3 is 0 Å². The Morgan fingerprint density at radius 2 is 0.765 bits per heavy atom. The minimum absolute atomic E-state index is 0.466. The molecular formula is C50H74Si. The molecular weight excluding hydrogens is 629 g/mol. The number of hydrogen-bond donors (Lipinski definition) is 0. The van der Waals surface area contributed by atoms with Crippen LogP contribution in [-0.2, 0) is 0 Å². The van der Waals surface area contributed by atoms with Crippen molar-refractivity contribution in [2.45, 2.75) is 156 Å². The monoisotopic (exact) mass is 703 g/mol. The van der Waals surface area contributed by atoms with Crippen LogP contribution in [0.4, 0.5) is 0 Å². The molecule has 7 fully saturated rings. The predicted molar refractivity (Wildman–Crippen MR) is 220 cm³/mol. The molecule has 0 bridgehead atoms. The first kappa shape index (κ1) is 35.4. The van der Waals surface area contributed by atoms with Crippen LogP contribution in [0.5, 0.6) is 0 Å². The van der Waals surface area contributed by atoms with Crippen molar-refractivity contribution < 1.29 is 0 Å². The summed E-state index contributed by atoms with van der Waals surface area (Å²) in [5, 5.41) is 3.67. The van der Waals surface area contributed by atoms with E-state index in [0.29, 0.717) is 21.7 Å². The van der Waals surface area contributed by atoms with E-state index in [2.05, 4.69) is 116 Å². The molecule has 0 nitrogen and oxygen atoms in total. The molecule has 10 unspecified atom stereocenters. The maximum atomic E-state index is 2.71. The van der Waals surface area contributed by atoms with Gasteiger partial charge in [-0.3, -0.25) is 0 Å². The minimum Gasteiger partial charge on any atom is -0.0626 e. The number of rotatable bonds is 4. The van der Waals surface area contributed by atoms with Gasteiger partial charge in [0.25, 0.3) is 0 Å². The highest BCUT2D eigenvalue weighted by Crippen LogP contribution is 2.74. The molecule has 2 aromatic rings. The Morgan fingerprint density at radius 1 is 0.431 bits per heavy atom. The Hall–Kier alpha value is -1.34. The summed E-state index contributed by atoms with van der Waals surface area (Å²) in [5.74, 6) is 9.18. The molecule has 0 spiro atoms. The Balaban J connectivity index is 1.27. The van der Waals surface area contributed by atoms with E-state index in [4.69, 9.17) is 0 Å². The minimum atomic E-state index is -2.26. The van der Waals surface area contributed by atoms with Gasteiger partial charge in [0, 0.05) is 0 Å². The number of benzene rings is 2. The van der Waals surface area contributed by atoms with E-state index in [-0.39, 0.29) is 0 Å². The third kappa shape index (κ3) is 5.43. The van der Waals surface area contributed by atoms with Crippen LogP contribution in [0.25, 0.3) is 0 Å². The molecule has 278 valence electrons. The van der Waals surface area contributed by atoms with Crippen LogP contribution in [0.1, 0.15) is 145 Å². The standard InChI is InChI=1S/C50H74Si/c1-47(2)23-25-49(5,6)44-31-40-38(29-42(44)47)39-30-43-45(50(7,8)26-24-48(43,3)4)32-41(39)46(40)51(35-19-11-9-12-20-35,36-21-13-10-14-22-36)37-27-33-17-15-16-18-34(33)28-37/h9-14,19-22,33-34,37-46H,15-18,23-32H2,1-8H3. The molecule has 0 radical (unpaired) electrons. The maximum Gasteiger partial charge on any atom is 0.124 e. The molecule has 10 atom stereocenters. The van der Waals surface area contributed by atoms with Gasteiger partial charge in [-0.1, -0.05) is 152 Å². The molecule has 0 aromatic heterocycles. The van der Waals surface area contributed by atoms with Crippen molar-refractivity contribution in [2.75, 3.05) is 0 Å². The highest BCUT2D eigenvalue weighted by Gasteiger charge is 2.69. The van der Waals surface area contributed by atoms with Gasteiger partial charge in [0.05, 0.1) is 0 Å². The highest BCUT2D eigenvalue weighted by molar-refractivity contribution is 7.04. The summed E-state index contributed by atoms with van der Waals surface area (Å²) in [7, 11) is -2.26. The molecule has 1 heteroatoms. The lowest BCUT2D eigenvalue weighted by Crippen LogP contribution is -2.67. The van der Waals surface area contributed by atoms with Crippen LogP contribution in [0.2, 0.25) is 11.1 Å². The van der Waals surface area contributed by atoms with Crippen LogP contribution >= 0.6 is 0 Å². The summed E-state index contributed by atoms with van der Waals surface area (Å²) < 4.78 is 0. The number of hydrogen-bond acceptors (Lipinski definition) is 0. The normalized spacial score (nSPS) is 43.2. The first-order valence-corrected chi connectivity index (χ1v) is 24.5. The lowest BCUT2D eigenvalue weighted by Gasteiger charge is -2.59. The lowest BCUT2D eigenvalue weighted by atomic mass is 9.46. The Bertz CT molecular complexity index is 1440. The third-order valence-corrected chi connectivity index (χ3v) is 25.6. The molecule has 51 heavy (non-hydrogen) atoms. The van der Waals surface area contributed by atoms with Gasteiger partial charge in [-0.05, 0) is 156 Å².